The topological polar surface area (TPSA) is 170 Å². The van der Waals surface area contributed by atoms with Crippen LogP contribution in [0.15, 0.2) is 91.0 Å². The summed E-state index contributed by atoms with van der Waals surface area (Å²) in [7, 11) is 0. The molecule has 0 bridgehead atoms. The zero-order chi connectivity index (χ0) is 41.4. The molecule has 1 saturated heterocycles. The van der Waals surface area contributed by atoms with Gasteiger partial charge in [0.2, 0.25) is 23.5 Å². The molecule has 2 aliphatic rings. The lowest BCUT2D eigenvalue weighted by Crippen LogP contribution is -2.47. The molecule has 1 aliphatic heterocycles. The van der Waals surface area contributed by atoms with Crippen molar-refractivity contribution in [3.8, 4) is 0 Å². The second-order valence-corrected chi connectivity index (χ2v) is 15.8. The second kappa shape index (κ2) is 22.0. The quantitative estimate of drug-likeness (QED) is 0.113. The van der Waals surface area contributed by atoms with Crippen LogP contribution in [0, 0.1) is 17.8 Å². The van der Waals surface area contributed by atoms with E-state index in [-0.39, 0.29) is 68.5 Å². The van der Waals surface area contributed by atoms with Crippen LogP contribution in [0.4, 0.5) is 0 Å². The Labute approximate surface area is 341 Å². The van der Waals surface area contributed by atoms with Crippen LogP contribution in [-0.2, 0) is 51.3 Å². The Balaban J connectivity index is 1.29. The summed E-state index contributed by atoms with van der Waals surface area (Å²) in [5.41, 5.74) is 7.85. The van der Waals surface area contributed by atoms with E-state index in [1.54, 1.807) is 35.2 Å². The molecular weight excluding hydrogens is 735 g/mol. The maximum atomic E-state index is 14.8. The van der Waals surface area contributed by atoms with Crippen molar-refractivity contribution in [2.45, 2.75) is 115 Å². The highest BCUT2D eigenvalue weighted by molar-refractivity contribution is 6.38. The van der Waals surface area contributed by atoms with Gasteiger partial charge < -0.3 is 20.7 Å². The highest BCUT2D eigenvalue weighted by atomic mass is 16.5. The Bertz CT molecular complexity index is 1860. The lowest BCUT2D eigenvalue weighted by molar-refractivity contribution is -0.145. The van der Waals surface area contributed by atoms with Gasteiger partial charge in [-0.05, 0) is 41.9 Å². The summed E-state index contributed by atoms with van der Waals surface area (Å²) in [6.45, 7) is 2.32. The van der Waals surface area contributed by atoms with Crippen LogP contribution in [0.3, 0.4) is 0 Å². The SMILES string of the molecule is CCCC(CC(=O)[C@@H]1C[C@@H](OCc2ccccc2)CN1C(=O)C(CC(=O)Cc1ccccc1)C1CCCCC1)C(=O)C(=O)CCC(=O)N[C@@H](C(N)=O)c1ccccc1. The Morgan fingerprint density at radius 1 is 0.793 bits per heavy atom. The number of carbonyl (C=O) groups excluding carboxylic acids is 7. The lowest BCUT2D eigenvalue weighted by Gasteiger charge is -2.34. The van der Waals surface area contributed by atoms with Crippen LogP contribution in [0.2, 0.25) is 0 Å². The molecule has 5 rings (SSSR count). The van der Waals surface area contributed by atoms with Gasteiger partial charge in [-0.2, -0.15) is 0 Å². The first-order valence-corrected chi connectivity index (χ1v) is 20.8. The van der Waals surface area contributed by atoms with Crippen molar-refractivity contribution in [2.24, 2.45) is 23.5 Å². The fourth-order valence-corrected chi connectivity index (χ4v) is 8.43. The minimum atomic E-state index is -1.10. The van der Waals surface area contributed by atoms with Crippen molar-refractivity contribution >= 4 is 40.9 Å². The van der Waals surface area contributed by atoms with E-state index in [2.05, 4.69) is 5.32 Å². The molecule has 3 aromatic rings. The number of ether oxygens (including phenoxy) is 1. The monoisotopic (exact) mass is 791 g/mol. The van der Waals surface area contributed by atoms with Gasteiger partial charge in [-0.15, -0.1) is 0 Å². The van der Waals surface area contributed by atoms with Crippen molar-refractivity contribution < 1.29 is 38.3 Å². The number of likely N-dealkylation sites (tertiary alicyclic amines) is 1. The Kier molecular flexibility index (Phi) is 16.6. The molecule has 308 valence electrons. The number of amides is 3. The van der Waals surface area contributed by atoms with Crippen LogP contribution < -0.4 is 11.1 Å². The third-order valence-electron chi connectivity index (χ3n) is 11.5. The molecule has 11 heteroatoms. The third kappa shape index (κ3) is 12.6. The third-order valence-corrected chi connectivity index (χ3v) is 11.5. The molecule has 5 atom stereocenters. The zero-order valence-corrected chi connectivity index (χ0v) is 33.5. The van der Waals surface area contributed by atoms with E-state index < -0.39 is 59.8 Å². The molecule has 1 heterocycles. The maximum absolute atomic E-state index is 14.8. The van der Waals surface area contributed by atoms with E-state index in [0.717, 1.165) is 43.2 Å². The van der Waals surface area contributed by atoms with Crippen molar-refractivity contribution in [3.63, 3.8) is 0 Å². The van der Waals surface area contributed by atoms with Crippen LogP contribution in [0.5, 0.6) is 0 Å². The summed E-state index contributed by atoms with van der Waals surface area (Å²) in [6, 6.07) is 25.6. The summed E-state index contributed by atoms with van der Waals surface area (Å²) in [5, 5.41) is 2.55. The van der Waals surface area contributed by atoms with Gasteiger partial charge in [0.1, 0.15) is 11.8 Å². The highest BCUT2D eigenvalue weighted by Gasteiger charge is 2.45. The molecule has 3 N–H and O–H groups in total. The van der Waals surface area contributed by atoms with Gasteiger partial charge in [0.25, 0.3) is 0 Å². The molecule has 58 heavy (non-hydrogen) atoms. The van der Waals surface area contributed by atoms with Crippen LogP contribution in [0.25, 0.3) is 0 Å². The van der Waals surface area contributed by atoms with E-state index in [0.29, 0.717) is 18.6 Å². The molecule has 3 amide bonds. The number of Topliss-reactive ketones (excluding diaryl/α,β-unsaturated/α-hetero) is 4. The van der Waals surface area contributed by atoms with Gasteiger partial charge in [0, 0.05) is 56.9 Å². The lowest BCUT2D eigenvalue weighted by atomic mass is 9.76. The van der Waals surface area contributed by atoms with E-state index in [1.165, 1.54) is 0 Å². The van der Waals surface area contributed by atoms with Gasteiger partial charge in [-0.1, -0.05) is 124 Å². The van der Waals surface area contributed by atoms with Crippen LogP contribution in [0.1, 0.15) is 107 Å². The minimum absolute atomic E-state index is 0.0104. The molecule has 0 spiro atoms. The summed E-state index contributed by atoms with van der Waals surface area (Å²) < 4.78 is 6.30. The smallest absolute Gasteiger partial charge is 0.244 e. The number of nitrogens with one attached hydrogen (secondary N) is 1. The van der Waals surface area contributed by atoms with E-state index in [1.807, 2.05) is 67.6 Å². The molecular formula is C47H57N3O8. The number of hydrogen-bond donors (Lipinski definition) is 2. The largest absolute Gasteiger partial charge is 0.372 e. The molecule has 2 unspecified atom stereocenters. The standard InChI is InChI=1S/C47H57N3O8/c1-2-15-36(45(55)41(52)24-25-43(54)49-44(46(48)56)35-22-13-6-14-23-35)27-42(53)40-29-38(58-31-33-18-9-4-10-19-33)30-50(40)47(57)39(34-20-11-5-12-21-34)28-37(51)26-32-16-7-3-8-17-32/h3-4,6-10,13-14,16-19,22-23,34,36,38-40,44H,2,5,11-12,15,20-21,24-31H2,1H3,(H2,48,56)(H,49,54)/t36?,38-,39?,40+,44-/m1/s1. The number of carbonyl (C=O) groups is 7. The first-order valence-electron chi connectivity index (χ1n) is 20.8. The number of primary amides is 1. The zero-order valence-electron chi connectivity index (χ0n) is 33.5. The average molecular weight is 792 g/mol. The fourth-order valence-electron chi connectivity index (χ4n) is 8.43. The summed E-state index contributed by atoms with van der Waals surface area (Å²) >= 11 is 0. The van der Waals surface area contributed by atoms with Gasteiger partial charge in [0.05, 0.1) is 18.8 Å². The molecule has 11 nitrogen and oxygen atoms in total. The summed E-state index contributed by atoms with van der Waals surface area (Å²) in [6.07, 6.45) is 4.57. The number of ketones is 4. The van der Waals surface area contributed by atoms with Crippen LogP contribution in [-0.4, -0.2) is 64.4 Å². The number of nitrogens with zero attached hydrogens (tertiary/aromatic N) is 1. The number of benzene rings is 3. The van der Waals surface area contributed by atoms with Gasteiger partial charge in [-0.25, -0.2) is 0 Å². The molecule has 2 fully saturated rings. The number of hydrogen-bond acceptors (Lipinski definition) is 8. The van der Waals surface area contributed by atoms with Crippen LogP contribution >= 0.6 is 0 Å². The number of nitrogens with two attached hydrogens (primary N) is 1. The first kappa shape index (κ1) is 43.8. The Morgan fingerprint density at radius 3 is 2.03 bits per heavy atom. The van der Waals surface area contributed by atoms with Crippen molar-refractivity contribution in [1.82, 2.24) is 10.2 Å². The molecule has 0 aromatic heterocycles. The van der Waals surface area contributed by atoms with Crippen molar-refractivity contribution in [3.05, 3.63) is 108 Å². The highest BCUT2D eigenvalue weighted by Crippen LogP contribution is 2.36. The molecule has 1 saturated carbocycles. The number of rotatable bonds is 22. The van der Waals surface area contributed by atoms with E-state index in [9.17, 15) is 33.6 Å². The maximum Gasteiger partial charge on any atom is 0.244 e. The van der Waals surface area contributed by atoms with Crippen molar-refractivity contribution in [1.29, 1.82) is 0 Å². The molecule has 3 aromatic carbocycles. The van der Waals surface area contributed by atoms with E-state index in [4.69, 9.17) is 10.5 Å². The fraction of sp³-hybridized carbons (Fsp3) is 0.468. The normalized spacial score (nSPS) is 18.5. The van der Waals surface area contributed by atoms with E-state index >= 15 is 0 Å². The Hall–Kier alpha value is -5.29. The minimum Gasteiger partial charge on any atom is -0.372 e. The summed E-state index contributed by atoms with van der Waals surface area (Å²) in [5.74, 6) is -5.00. The average Bonchev–Trinajstić information content (AvgIpc) is 3.68. The Morgan fingerprint density at radius 2 is 1.41 bits per heavy atom. The van der Waals surface area contributed by atoms with Gasteiger partial charge in [-0.3, -0.25) is 33.6 Å². The second-order valence-electron chi connectivity index (χ2n) is 15.8. The summed E-state index contributed by atoms with van der Waals surface area (Å²) in [4.78, 5) is 96.0. The van der Waals surface area contributed by atoms with Crippen molar-refractivity contribution in [2.75, 3.05) is 6.54 Å². The predicted molar refractivity (Wildman–Crippen MR) is 219 cm³/mol. The molecule has 1 aliphatic carbocycles. The van der Waals surface area contributed by atoms with Gasteiger partial charge in [0.15, 0.2) is 11.6 Å². The van der Waals surface area contributed by atoms with Gasteiger partial charge >= 0.3 is 0 Å². The molecule has 0 radical (unpaired) electrons. The predicted octanol–water partition coefficient (Wildman–Crippen LogP) is 6.21. The first-order chi connectivity index (χ1) is 28.0.